The summed E-state index contributed by atoms with van der Waals surface area (Å²) in [6.07, 6.45) is 15.0. The highest BCUT2D eigenvalue weighted by atomic mass is 14.8. The third-order valence-electron chi connectivity index (χ3n) is 3.26. The number of unbranched alkanes of at least 4 members (excludes halogenated alkanes) is 9. The number of rotatable bonds is 14. The van der Waals surface area contributed by atoms with Crippen molar-refractivity contribution in [3.63, 3.8) is 0 Å². The Labute approximate surface area is 109 Å². The quantitative estimate of drug-likeness (QED) is 0.454. The molecule has 2 nitrogen and oxygen atoms in total. The molecule has 2 heteroatoms. The van der Waals surface area contributed by atoms with Gasteiger partial charge in [-0.25, -0.2) is 0 Å². The van der Waals surface area contributed by atoms with Crippen molar-refractivity contribution in [3.05, 3.63) is 0 Å². The van der Waals surface area contributed by atoms with Crippen LogP contribution in [0.15, 0.2) is 0 Å². The van der Waals surface area contributed by atoms with Crippen molar-refractivity contribution in [2.24, 2.45) is 5.73 Å². The topological polar surface area (TPSA) is 38.0 Å². The molecule has 3 N–H and O–H groups in total. The van der Waals surface area contributed by atoms with E-state index in [9.17, 15) is 0 Å². The van der Waals surface area contributed by atoms with Gasteiger partial charge >= 0.3 is 0 Å². The Morgan fingerprint density at radius 3 is 1.65 bits per heavy atom. The minimum atomic E-state index is 0.865. The monoisotopic (exact) mass is 242 g/mol. The fourth-order valence-electron chi connectivity index (χ4n) is 2.08. The van der Waals surface area contributed by atoms with Crippen LogP contribution >= 0.6 is 0 Å². The average Bonchev–Trinajstić information content (AvgIpc) is 2.35. The van der Waals surface area contributed by atoms with E-state index in [1.54, 1.807) is 0 Å². The second-order valence-electron chi connectivity index (χ2n) is 5.07. The molecule has 0 atom stereocenters. The van der Waals surface area contributed by atoms with E-state index in [1.165, 1.54) is 83.7 Å². The molecule has 0 saturated heterocycles. The number of hydrogen-bond donors (Lipinski definition) is 2. The minimum absolute atomic E-state index is 0.865. The lowest BCUT2D eigenvalue weighted by molar-refractivity contribution is 0.543. The molecule has 0 amide bonds. The van der Waals surface area contributed by atoms with Crippen LogP contribution in [-0.4, -0.2) is 19.6 Å². The van der Waals surface area contributed by atoms with Gasteiger partial charge in [-0.15, -0.1) is 0 Å². The smallest absolute Gasteiger partial charge is 0.00489 e. The number of nitrogens with two attached hydrogens (primary N) is 1. The van der Waals surface area contributed by atoms with Crippen molar-refractivity contribution in [1.29, 1.82) is 0 Å². The number of hydrogen-bond acceptors (Lipinski definition) is 2. The van der Waals surface area contributed by atoms with E-state index in [4.69, 9.17) is 5.73 Å². The second kappa shape index (κ2) is 15.9. The van der Waals surface area contributed by atoms with Crippen molar-refractivity contribution in [2.45, 2.75) is 77.6 Å². The van der Waals surface area contributed by atoms with E-state index in [0.29, 0.717) is 0 Å². The van der Waals surface area contributed by atoms with Gasteiger partial charge in [0, 0.05) is 0 Å². The molecule has 0 aliphatic heterocycles. The highest BCUT2D eigenvalue weighted by Crippen LogP contribution is 2.07. The van der Waals surface area contributed by atoms with Gasteiger partial charge in [0.1, 0.15) is 0 Å². The molecule has 0 aromatic rings. The van der Waals surface area contributed by atoms with Gasteiger partial charge in [0.2, 0.25) is 0 Å². The van der Waals surface area contributed by atoms with Crippen LogP contribution in [0.25, 0.3) is 0 Å². The van der Waals surface area contributed by atoms with E-state index in [1.807, 2.05) is 0 Å². The lowest BCUT2D eigenvalue weighted by Gasteiger charge is -2.04. The molecule has 0 bridgehead atoms. The van der Waals surface area contributed by atoms with E-state index in [-0.39, 0.29) is 0 Å². The van der Waals surface area contributed by atoms with Crippen LogP contribution in [0, 0.1) is 0 Å². The Morgan fingerprint density at radius 1 is 0.647 bits per heavy atom. The average molecular weight is 242 g/mol. The molecular weight excluding hydrogens is 208 g/mol. The fourth-order valence-corrected chi connectivity index (χ4v) is 2.08. The fraction of sp³-hybridized carbons (Fsp3) is 1.00. The molecule has 0 radical (unpaired) electrons. The molecule has 17 heavy (non-hydrogen) atoms. The van der Waals surface area contributed by atoms with E-state index in [2.05, 4.69) is 12.2 Å². The summed E-state index contributed by atoms with van der Waals surface area (Å²) in [5.41, 5.74) is 5.46. The third kappa shape index (κ3) is 15.9. The maximum atomic E-state index is 5.46. The van der Waals surface area contributed by atoms with Gasteiger partial charge in [-0.3, -0.25) is 0 Å². The molecule has 0 aromatic carbocycles. The van der Waals surface area contributed by atoms with Crippen LogP contribution in [-0.2, 0) is 0 Å². The summed E-state index contributed by atoms with van der Waals surface area (Å²) >= 11 is 0. The van der Waals surface area contributed by atoms with E-state index < -0.39 is 0 Å². The van der Waals surface area contributed by atoms with Crippen molar-refractivity contribution in [1.82, 2.24) is 5.32 Å². The molecule has 0 heterocycles. The molecule has 0 spiro atoms. The molecule has 0 saturated carbocycles. The normalized spacial score (nSPS) is 10.9. The molecule has 0 fully saturated rings. The van der Waals surface area contributed by atoms with Gasteiger partial charge in [0.15, 0.2) is 0 Å². The molecule has 0 aromatic heterocycles. The van der Waals surface area contributed by atoms with Gasteiger partial charge < -0.3 is 11.1 Å². The SMILES string of the molecule is CCCCCNCCCCCCCCCCN. The van der Waals surface area contributed by atoms with Crippen molar-refractivity contribution >= 4 is 0 Å². The predicted octanol–water partition coefficient (Wildman–Crippen LogP) is 3.85. The predicted molar refractivity (Wildman–Crippen MR) is 78.4 cm³/mol. The maximum absolute atomic E-state index is 5.46. The first kappa shape index (κ1) is 16.9. The first-order valence-corrected chi connectivity index (χ1v) is 7.82. The Kier molecular flexibility index (Phi) is 15.8. The highest BCUT2D eigenvalue weighted by molar-refractivity contribution is 4.51. The van der Waals surface area contributed by atoms with Gasteiger partial charge in [-0.1, -0.05) is 58.3 Å². The highest BCUT2D eigenvalue weighted by Gasteiger charge is 1.92. The third-order valence-corrected chi connectivity index (χ3v) is 3.26. The Hall–Kier alpha value is -0.0800. The molecule has 0 aliphatic carbocycles. The van der Waals surface area contributed by atoms with Gasteiger partial charge in [-0.05, 0) is 38.9 Å². The van der Waals surface area contributed by atoms with Crippen LogP contribution in [0.5, 0.6) is 0 Å². The Morgan fingerprint density at radius 2 is 1.12 bits per heavy atom. The summed E-state index contributed by atoms with van der Waals surface area (Å²) in [5, 5.41) is 3.53. The molecular formula is C15H34N2. The van der Waals surface area contributed by atoms with E-state index in [0.717, 1.165) is 6.54 Å². The summed E-state index contributed by atoms with van der Waals surface area (Å²) < 4.78 is 0. The minimum Gasteiger partial charge on any atom is -0.330 e. The summed E-state index contributed by atoms with van der Waals surface area (Å²) in [4.78, 5) is 0. The summed E-state index contributed by atoms with van der Waals surface area (Å²) in [6, 6.07) is 0. The van der Waals surface area contributed by atoms with Gasteiger partial charge in [0.25, 0.3) is 0 Å². The maximum Gasteiger partial charge on any atom is -0.00489 e. The molecule has 104 valence electrons. The number of nitrogens with one attached hydrogen (secondary N) is 1. The largest absolute Gasteiger partial charge is 0.330 e. The summed E-state index contributed by atoms with van der Waals surface area (Å²) in [7, 11) is 0. The molecule has 0 unspecified atom stereocenters. The summed E-state index contributed by atoms with van der Waals surface area (Å²) in [5.74, 6) is 0. The zero-order valence-electron chi connectivity index (χ0n) is 12.0. The molecule has 0 aliphatic rings. The van der Waals surface area contributed by atoms with Crippen LogP contribution in [0.4, 0.5) is 0 Å². The van der Waals surface area contributed by atoms with Crippen LogP contribution < -0.4 is 11.1 Å². The Bertz CT molecular complexity index is 112. The first-order chi connectivity index (χ1) is 8.41. The first-order valence-electron chi connectivity index (χ1n) is 7.82. The zero-order chi connectivity index (χ0) is 12.6. The zero-order valence-corrected chi connectivity index (χ0v) is 12.0. The van der Waals surface area contributed by atoms with Gasteiger partial charge in [0.05, 0.1) is 0 Å². The lowest BCUT2D eigenvalue weighted by atomic mass is 10.1. The Balaban J connectivity index is 2.85. The van der Waals surface area contributed by atoms with Gasteiger partial charge in [-0.2, -0.15) is 0 Å². The molecule has 0 rings (SSSR count). The van der Waals surface area contributed by atoms with Crippen molar-refractivity contribution in [3.8, 4) is 0 Å². The van der Waals surface area contributed by atoms with Crippen molar-refractivity contribution < 1.29 is 0 Å². The standard InChI is InChI=1S/C15H34N2/c1-2-3-11-14-17-15-12-9-7-5-4-6-8-10-13-16/h17H,2-16H2,1H3. The van der Waals surface area contributed by atoms with Crippen LogP contribution in [0.1, 0.15) is 77.6 Å². The van der Waals surface area contributed by atoms with Crippen LogP contribution in [0.2, 0.25) is 0 Å². The van der Waals surface area contributed by atoms with E-state index >= 15 is 0 Å². The lowest BCUT2D eigenvalue weighted by Crippen LogP contribution is -2.16. The van der Waals surface area contributed by atoms with Crippen LogP contribution in [0.3, 0.4) is 0 Å². The van der Waals surface area contributed by atoms with Crippen molar-refractivity contribution in [2.75, 3.05) is 19.6 Å². The second-order valence-corrected chi connectivity index (χ2v) is 5.07. The summed E-state index contributed by atoms with van der Waals surface area (Å²) in [6.45, 7) is 5.56.